The summed E-state index contributed by atoms with van der Waals surface area (Å²) in [6.45, 7) is 5.00. The van der Waals surface area contributed by atoms with E-state index in [9.17, 15) is 10.1 Å². The van der Waals surface area contributed by atoms with Crippen molar-refractivity contribution in [2.24, 2.45) is 5.92 Å². The fraction of sp³-hybridized carbons (Fsp3) is 0.261. The van der Waals surface area contributed by atoms with Gasteiger partial charge in [0.15, 0.2) is 0 Å². The molecule has 1 aromatic heterocycles. The van der Waals surface area contributed by atoms with Gasteiger partial charge in [-0.1, -0.05) is 38.1 Å². The number of imidazole rings is 1. The van der Waals surface area contributed by atoms with Crippen LogP contribution in [0.25, 0.3) is 11.3 Å². The van der Waals surface area contributed by atoms with Crippen LogP contribution in [0.5, 0.6) is 5.75 Å². The molecule has 0 saturated heterocycles. The van der Waals surface area contributed by atoms with E-state index in [0.717, 1.165) is 16.8 Å². The van der Waals surface area contributed by atoms with E-state index < -0.39 is 0 Å². The zero-order valence-electron chi connectivity index (χ0n) is 16.9. The van der Waals surface area contributed by atoms with Crippen molar-refractivity contribution in [3.8, 4) is 23.1 Å². The van der Waals surface area contributed by atoms with E-state index in [1.54, 1.807) is 24.5 Å². The Balaban J connectivity index is 1.43. The van der Waals surface area contributed by atoms with Crippen molar-refractivity contribution in [2.75, 3.05) is 18.5 Å². The topological polar surface area (TPSA) is 92.0 Å². The van der Waals surface area contributed by atoms with E-state index in [2.05, 4.69) is 38.4 Å². The molecule has 0 saturated carbocycles. The number of fused-ring (bicyclic) bond motifs is 3. The molecule has 1 unspecified atom stereocenters. The van der Waals surface area contributed by atoms with Crippen LogP contribution in [0.2, 0.25) is 0 Å². The van der Waals surface area contributed by atoms with Crippen molar-refractivity contribution in [3.05, 3.63) is 66.1 Å². The molecule has 2 N–H and O–H groups in total. The molecule has 1 aliphatic heterocycles. The Morgan fingerprint density at radius 2 is 2.13 bits per heavy atom. The third-order valence-electron chi connectivity index (χ3n) is 4.99. The molecule has 4 rings (SSSR count). The number of nitrogens with one attached hydrogen (secondary N) is 2. The average Bonchev–Trinajstić information content (AvgIpc) is 3.32. The maximum absolute atomic E-state index is 12.5. The summed E-state index contributed by atoms with van der Waals surface area (Å²) in [6, 6.07) is 15.0. The van der Waals surface area contributed by atoms with Crippen molar-refractivity contribution in [3.63, 3.8) is 0 Å². The first-order valence-corrected chi connectivity index (χ1v) is 9.89. The lowest BCUT2D eigenvalue weighted by Gasteiger charge is -2.16. The summed E-state index contributed by atoms with van der Waals surface area (Å²) in [5.41, 5.74) is 4.37. The van der Waals surface area contributed by atoms with Crippen molar-refractivity contribution in [1.82, 2.24) is 14.9 Å². The van der Waals surface area contributed by atoms with Gasteiger partial charge in [-0.3, -0.25) is 0 Å². The summed E-state index contributed by atoms with van der Waals surface area (Å²) >= 11 is 0. The second kappa shape index (κ2) is 8.29. The SMILES string of the molecule is CC(C)COc1cc(NC(=O)NCC2c3ccccc3-c3cncn32)ccc1C#N. The minimum Gasteiger partial charge on any atom is -0.492 e. The Kier molecular flexibility index (Phi) is 5.40. The van der Waals surface area contributed by atoms with Gasteiger partial charge in [-0.15, -0.1) is 0 Å². The smallest absolute Gasteiger partial charge is 0.319 e. The summed E-state index contributed by atoms with van der Waals surface area (Å²) in [5, 5.41) is 15.0. The highest BCUT2D eigenvalue weighted by Gasteiger charge is 2.28. The summed E-state index contributed by atoms with van der Waals surface area (Å²) in [6.07, 6.45) is 3.63. The zero-order chi connectivity index (χ0) is 21.1. The number of amides is 2. The largest absolute Gasteiger partial charge is 0.492 e. The van der Waals surface area contributed by atoms with Crippen LogP contribution in [0.1, 0.15) is 31.0 Å². The van der Waals surface area contributed by atoms with E-state index in [1.807, 2.05) is 32.2 Å². The fourth-order valence-electron chi connectivity index (χ4n) is 3.57. The molecule has 7 heteroatoms. The van der Waals surface area contributed by atoms with Crippen LogP contribution in [0.15, 0.2) is 55.0 Å². The second-order valence-corrected chi connectivity index (χ2v) is 7.65. The van der Waals surface area contributed by atoms with Crippen molar-refractivity contribution in [1.29, 1.82) is 5.26 Å². The Hall–Kier alpha value is -3.79. The Morgan fingerprint density at radius 3 is 2.93 bits per heavy atom. The predicted molar refractivity (Wildman–Crippen MR) is 114 cm³/mol. The maximum Gasteiger partial charge on any atom is 0.319 e. The van der Waals surface area contributed by atoms with Gasteiger partial charge in [0, 0.05) is 23.9 Å². The average molecular weight is 401 g/mol. The third kappa shape index (κ3) is 3.85. The summed E-state index contributed by atoms with van der Waals surface area (Å²) in [7, 11) is 0. The molecule has 0 aliphatic carbocycles. The molecular weight excluding hydrogens is 378 g/mol. The number of urea groups is 1. The first-order chi connectivity index (χ1) is 14.6. The number of aromatic nitrogens is 2. The molecule has 0 radical (unpaired) electrons. The lowest BCUT2D eigenvalue weighted by atomic mass is 10.0. The van der Waals surface area contributed by atoms with Gasteiger partial charge in [0.1, 0.15) is 11.8 Å². The van der Waals surface area contributed by atoms with Gasteiger partial charge in [0.25, 0.3) is 0 Å². The van der Waals surface area contributed by atoms with Gasteiger partial charge >= 0.3 is 6.03 Å². The number of ether oxygens (including phenoxy) is 1. The molecule has 30 heavy (non-hydrogen) atoms. The zero-order valence-corrected chi connectivity index (χ0v) is 16.9. The number of anilines is 1. The van der Waals surface area contributed by atoms with Gasteiger partial charge in [-0.25, -0.2) is 9.78 Å². The Bertz CT molecular complexity index is 1110. The molecule has 0 fully saturated rings. The normalized spacial score (nSPS) is 14.0. The Labute approximate surface area is 175 Å². The predicted octanol–water partition coefficient (Wildman–Crippen LogP) is 4.18. The number of carbonyl (C=O) groups excluding carboxylic acids is 1. The number of benzene rings is 2. The number of hydrogen-bond acceptors (Lipinski definition) is 4. The van der Waals surface area contributed by atoms with Gasteiger partial charge in [-0.2, -0.15) is 5.26 Å². The van der Waals surface area contributed by atoms with Gasteiger partial charge in [-0.05, 0) is 23.6 Å². The monoisotopic (exact) mass is 401 g/mol. The number of nitriles is 1. The van der Waals surface area contributed by atoms with Gasteiger partial charge in [0.2, 0.25) is 0 Å². The summed E-state index contributed by atoms with van der Waals surface area (Å²) in [5.74, 6) is 0.801. The number of rotatable bonds is 6. The van der Waals surface area contributed by atoms with E-state index in [0.29, 0.717) is 36.1 Å². The highest BCUT2D eigenvalue weighted by Crippen LogP contribution is 2.38. The van der Waals surface area contributed by atoms with E-state index in [4.69, 9.17) is 4.74 Å². The maximum atomic E-state index is 12.5. The first kappa shape index (κ1) is 19.5. The third-order valence-corrected chi connectivity index (χ3v) is 4.99. The molecule has 3 aromatic rings. The lowest BCUT2D eigenvalue weighted by molar-refractivity contribution is 0.251. The molecule has 0 spiro atoms. The lowest BCUT2D eigenvalue weighted by Crippen LogP contribution is -2.33. The molecule has 7 nitrogen and oxygen atoms in total. The standard InChI is InChI=1S/C23H23N5O2/c1-15(2)13-30-22-9-17(8-7-16(22)10-24)27-23(29)26-12-21-19-6-4-3-5-18(19)20-11-25-14-28(20)21/h3-9,11,14-15,21H,12-13H2,1-2H3,(H2,26,27,29). The number of nitrogens with zero attached hydrogens (tertiary/aromatic N) is 3. The molecule has 1 aliphatic rings. The minimum atomic E-state index is -0.319. The summed E-state index contributed by atoms with van der Waals surface area (Å²) in [4.78, 5) is 16.7. The number of hydrogen-bond donors (Lipinski definition) is 2. The quantitative estimate of drug-likeness (QED) is 0.648. The van der Waals surface area contributed by atoms with E-state index in [1.165, 1.54) is 0 Å². The molecule has 152 valence electrons. The van der Waals surface area contributed by atoms with Crippen LogP contribution in [0, 0.1) is 17.2 Å². The van der Waals surface area contributed by atoms with E-state index >= 15 is 0 Å². The highest BCUT2D eigenvalue weighted by atomic mass is 16.5. The molecule has 1 atom stereocenters. The van der Waals surface area contributed by atoms with Gasteiger partial charge < -0.3 is 19.9 Å². The fourth-order valence-corrected chi connectivity index (χ4v) is 3.57. The highest BCUT2D eigenvalue weighted by molar-refractivity contribution is 5.89. The van der Waals surface area contributed by atoms with Crippen LogP contribution in [-0.2, 0) is 0 Å². The molecule has 2 aromatic carbocycles. The number of carbonyl (C=O) groups is 1. The van der Waals surface area contributed by atoms with Crippen LogP contribution in [0.3, 0.4) is 0 Å². The minimum absolute atomic E-state index is 0.00430. The van der Waals surface area contributed by atoms with Crippen molar-refractivity contribution < 1.29 is 9.53 Å². The molecular formula is C23H23N5O2. The van der Waals surface area contributed by atoms with Crippen molar-refractivity contribution >= 4 is 11.7 Å². The molecule has 0 bridgehead atoms. The van der Waals surface area contributed by atoms with Crippen LogP contribution in [0.4, 0.5) is 10.5 Å². The van der Waals surface area contributed by atoms with Crippen molar-refractivity contribution in [2.45, 2.75) is 19.9 Å². The van der Waals surface area contributed by atoms with Crippen LogP contribution < -0.4 is 15.4 Å². The first-order valence-electron chi connectivity index (χ1n) is 9.89. The molecule has 2 amide bonds. The van der Waals surface area contributed by atoms with Gasteiger partial charge in [0.05, 0.1) is 36.4 Å². The Morgan fingerprint density at radius 1 is 1.30 bits per heavy atom. The van der Waals surface area contributed by atoms with Crippen LogP contribution in [-0.4, -0.2) is 28.7 Å². The van der Waals surface area contributed by atoms with Crippen LogP contribution >= 0.6 is 0 Å². The molecule has 2 heterocycles. The van der Waals surface area contributed by atoms with E-state index in [-0.39, 0.29) is 12.1 Å². The second-order valence-electron chi connectivity index (χ2n) is 7.65. The summed E-state index contributed by atoms with van der Waals surface area (Å²) < 4.78 is 7.79.